The number of hydrogen-bond donors (Lipinski definition) is 2. The number of rotatable bonds is 3. The third-order valence-corrected chi connectivity index (χ3v) is 2.95. The minimum absolute atomic E-state index is 0.192. The van der Waals surface area contributed by atoms with E-state index in [-0.39, 0.29) is 17.8 Å². The third kappa shape index (κ3) is 3.11. The van der Waals surface area contributed by atoms with Gasteiger partial charge >= 0.3 is 0 Å². The van der Waals surface area contributed by atoms with Gasteiger partial charge in [-0.15, -0.1) is 0 Å². The van der Waals surface area contributed by atoms with E-state index in [0.29, 0.717) is 15.7 Å². The minimum Gasteiger partial charge on any atom is -0.383 e. The van der Waals surface area contributed by atoms with E-state index < -0.39 is 0 Å². The van der Waals surface area contributed by atoms with Crippen LogP contribution in [0.25, 0.3) is 0 Å². The molecule has 0 radical (unpaired) electrons. The van der Waals surface area contributed by atoms with Crippen LogP contribution in [0.3, 0.4) is 0 Å². The minimum atomic E-state index is -0.311. The Morgan fingerprint density at radius 3 is 2.84 bits per heavy atom. The van der Waals surface area contributed by atoms with Crippen LogP contribution in [0.5, 0.6) is 0 Å². The van der Waals surface area contributed by atoms with Gasteiger partial charge in [0, 0.05) is 22.9 Å². The number of hydrogen-bond acceptors (Lipinski definition) is 4. The summed E-state index contributed by atoms with van der Waals surface area (Å²) in [6.07, 6.45) is 4.91. The monoisotopic (exact) mass is 323 g/mol. The Bertz CT molecular complexity index is 608. The zero-order valence-corrected chi connectivity index (χ0v) is 12.2. The second kappa shape index (κ2) is 5.40. The highest BCUT2D eigenvalue weighted by Crippen LogP contribution is 2.17. The van der Waals surface area contributed by atoms with Crippen molar-refractivity contribution in [2.24, 2.45) is 0 Å². The standard InChI is InChI=1S/C12H14BrN5O/c1-7(2)18-6-9(5-16-18)17-12(19)10-3-8(13)4-15-11(10)14/h3-7H,1-2H3,(H2,14,15)(H,17,19). The fourth-order valence-electron chi connectivity index (χ4n) is 1.52. The molecule has 19 heavy (non-hydrogen) atoms. The Morgan fingerprint density at radius 2 is 2.21 bits per heavy atom. The van der Waals surface area contributed by atoms with Crippen LogP contribution >= 0.6 is 15.9 Å². The molecule has 0 aliphatic rings. The van der Waals surface area contributed by atoms with E-state index in [1.165, 1.54) is 0 Å². The summed E-state index contributed by atoms with van der Waals surface area (Å²) in [4.78, 5) is 16.0. The second-order valence-electron chi connectivity index (χ2n) is 4.34. The van der Waals surface area contributed by atoms with Gasteiger partial charge in [-0.25, -0.2) is 4.98 Å². The first-order valence-electron chi connectivity index (χ1n) is 5.74. The lowest BCUT2D eigenvalue weighted by Crippen LogP contribution is -2.14. The molecule has 100 valence electrons. The molecule has 1 amide bonds. The first kappa shape index (κ1) is 13.5. The average Bonchev–Trinajstić information content (AvgIpc) is 2.80. The fraction of sp³-hybridized carbons (Fsp3) is 0.250. The number of carbonyl (C=O) groups is 1. The highest BCUT2D eigenvalue weighted by Gasteiger charge is 2.13. The van der Waals surface area contributed by atoms with Crippen LogP contribution in [-0.2, 0) is 0 Å². The van der Waals surface area contributed by atoms with E-state index in [1.54, 1.807) is 29.3 Å². The summed E-state index contributed by atoms with van der Waals surface area (Å²) in [5.74, 6) is -0.119. The molecule has 0 aromatic carbocycles. The molecule has 0 unspecified atom stereocenters. The van der Waals surface area contributed by atoms with Gasteiger partial charge < -0.3 is 11.1 Å². The van der Waals surface area contributed by atoms with E-state index in [2.05, 4.69) is 31.3 Å². The van der Waals surface area contributed by atoms with Crippen molar-refractivity contribution in [2.75, 3.05) is 11.1 Å². The summed E-state index contributed by atoms with van der Waals surface area (Å²) >= 11 is 3.26. The summed E-state index contributed by atoms with van der Waals surface area (Å²) in [6.45, 7) is 4.02. The van der Waals surface area contributed by atoms with Crippen molar-refractivity contribution in [1.82, 2.24) is 14.8 Å². The molecule has 0 aliphatic heterocycles. The topological polar surface area (TPSA) is 85.8 Å². The van der Waals surface area contributed by atoms with Crippen molar-refractivity contribution in [2.45, 2.75) is 19.9 Å². The lowest BCUT2D eigenvalue weighted by atomic mass is 10.2. The van der Waals surface area contributed by atoms with Crippen molar-refractivity contribution < 1.29 is 4.79 Å². The normalized spacial score (nSPS) is 10.7. The van der Waals surface area contributed by atoms with Gasteiger partial charge in [0.1, 0.15) is 5.82 Å². The van der Waals surface area contributed by atoms with Crippen LogP contribution in [0.2, 0.25) is 0 Å². The van der Waals surface area contributed by atoms with Crippen molar-refractivity contribution in [1.29, 1.82) is 0 Å². The maximum Gasteiger partial charge on any atom is 0.259 e. The van der Waals surface area contributed by atoms with E-state index in [1.807, 2.05) is 13.8 Å². The van der Waals surface area contributed by atoms with Crippen LogP contribution < -0.4 is 11.1 Å². The molecule has 6 nitrogen and oxygen atoms in total. The fourth-order valence-corrected chi connectivity index (χ4v) is 1.85. The number of nitrogen functional groups attached to an aromatic ring is 1. The SMILES string of the molecule is CC(C)n1cc(NC(=O)c2cc(Br)cnc2N)cn1. The van der Waals surface area contributed by atoms with Crippen LogP contribution in [-0.4, -0.2) is 20.7 Å². The molecule has 2 rings (SSSR count). The van der Waals surface area contributed by atoms with Gasteiger partial charge in [0.25, 0.3) is 5.91 Å². The molecule has 7 heteroatoms. The summed E-state index contributed by atoms with van der Waals surface area (Å²) in [7, 11) is 0. The summed E-state index contributed by atoms with van der Waals surface area (Å²) in [5.41, 5.74) is 6.63. The molecule has 0 spiro atoms. The molecule has 0 aliphatic carbocycles. The molecule has 2 aromatic heterocycles. The highest BCUT2D eigenvalue weighted by atomic mass is 79.9. The maximum absolute atomic E-state index is 12.1. The van der Waals surface area contributed by atoms with E-state index in [9.17, 15) is 4.79 Å². The second-order valence-corrected chi connectivity index (χ2v) is 5.26. The Labute approximate surface area is 119 Å². The van der Waals surface area contributed by atoms with E-state index in [4.69, 9.17) is 5.73 Å². The summed E-state index contributed by atoms with van der Waals surface area (Å²) in [5, 5.41) is 6.89. The first-order chi connectivity index (χ1) is 8.97. The van der Waals surface area contributed by atoms with Crippen molar-refractivity contribution in [3.63, 3.8) is 0 Å². The molecule has 0 saturated carbocycles. The Balaban J connectivity index is 2.18. The molecule has 0 saturated heterocycles. The van der Waals surface area contributed by atoms with Crippen LogP contribution in [0.15, 0.2) is 29.1 Å². The zero-order chi connectivity index (χ0) is 14.0. The van der Waals surface area contributed by atoms with Gasteiger partial charge in [-0.3, -0.25) is 9.48 Å². The lowest BCUT2D eigenvalue weighted by molar-refractivity contribution is 0.102. The summed E-state index contributed by atoms with van der Waals surface area (Å²) < 4.78 is 2.46. The first-order valence-corrected chi connectivity index (χ1v) is 6.53. The molecular weight excluding hydrogens is 310 g/mol. The van der Waals surface area contributed by atoms with E-state index in [0.717, 1.165) is 0 Å². The molecule has 0 atom stereocenters. The Hall–Kier alpha value is -1.89. The molecule has 3 N–H and O–H groups in total. The molecular formula is C12H14BrN5O. The smallest absolute Gasteiger partial charge is 0.259 e. The number of nitrogens with zero attached hydrogens (tertiary/aromatic N) is 3. The molecule has 0 bridgehead atoms. The zero-order valence-electron chi connectivity index (χ0n) is 10.6. The quantitative estimate of drug-likeness (QED) is 0.908. The van der Waals surface area contributed by atoms with Gasteiger partial charge in [-0.05, 0) is 35.8 Å². The van der Waals surface area contributed by atoms with Gasteiger partial charge in [0.05, 0.1) is 17.4 Å². The number of halogens is 1. The predicted octanol–water partition coefficient (Wildman–Crippen LogP) is 2.46. The lowest BCUT2D eigenvalue weighted by Gasteiger charge is -2.06. The number of aromatic nitrogens is 3. The molecule has 2 aromatic rings. The number of nitrogens with one attached hydrogen (secondary N) is 1. The van der Waals surface area contributed by atoms with Crippen molar-refractivity contribution >= 4 is 33.3 Å². The predicted molar refractivity (Wildman–Crippen MR) is 76.9 cm³/mol. The number of pyridine rings is 1. The Kier molecular flexibility index (Phi) is 3.84. The number of carbonyl (C=O) groups excluding carboxylic acids is 1. The highest BCUT2D eigenvalue weighted by molar-refractivity contribution is 9.10. The van der Waals surface area contributed by atoms with Crippen LogP contribution in [0.4, 0.5) is 11.5 Å². The maximum atomic E-state index is 12.1. The molecule has 2 heterocycles. The van der Waals surface area contributed by atoms with Crippen LogP contribution in [0, 0.1) is 0 Å². The Morgan fingerprint density at radius 1 is 1.47 bits per heavy atom. The number of amides is 1. The molecule has 0 fully saturated rings. The van der Waals surface area contributed by atoms with Gasteiger partial charge in [0.15, 0.2) is 0 Å². The van der Waals surface area contributed by atoms with E-state index >= 15 is 0 Å². The summed E-state index contributed by atoms with van der Waals surface area (Å²) in [6, 6.07) is 1.87. The average molecular weight is 324 g/mol. The van der Waals surface area contributed by atoms with Gasteiger partial charge in [-0.2, -0.15) is 5.10 Å². The number of anilines is 2. The third-order valence-electron chi connectivity index (χ3n) is 2.52. The van der Waals surface area contributed by atoms with Crippen molar-refractivity contribution in [3.8, 4) is 0 Å². The van der Waals surface area contributed by atoms with Crippen molar-refractivity contribution in [3.05, 3.63) is 34.7 Å². The van der Waals surface area contributed by atoms with Gasteiger partial charge in [-0.1, -0.05) is 0 Å². The van der Waals surface area contributed by atoms with Gasteiger partial charge in [0.2, 0.25) is 0 Å². The largest absolute Gasteiger partial charge is 0.383 e. The number of nitrogens with two attached hydrogens (primary N) is 1. The van der Waals surface area contributed by atoms with Crippen LogP contribution in [0.1, 0.15) is 30.2 Å².